The Kier molecular flexibility index (Phi) is 6.50. The van der Waals surface area contributed by atoms with Crippen LogP contribution in [-0.4, -0.2) is 28.3 Å². The lowest BCUT2D eigenvalue weighted by molar-refractivity contribution is -0.280. The van der Waals surface area contributed by atoms with Crippen LogP contribution in [0.15, 0.2) is 42.8 Å². The Morgan fingerprint density at radius 3 is 2.14 bits per heavy atom. The van der Waals surface area contributed by atoms with E-state index in [1.807, 2.05) is 6.08 Å². The monoisotopic (exact) mass is 400 g/mol. The summed E-state index contributed by atoms with van der Waals surface area (Å²) in [5, 5.41) is 0. The highest BCUT2D eigenvalue weighted by Crippen LogP contribution is 2.39. The summed E-state index contributed by atoms with van der Waals surface area (Å²) >= 11 is 0. The van der Waals surface area contributed by atoms with E-state index in [1.165, 1.54) is 24.5 Å². The average Bonchev–Trinajstić information content (AvgIpc) is 2.69. The van der Waals surface area contributed by atoms with Gasteiger partial charge in [-0.25, -0.2) is 9.97 Å². The molecule has 0 bridgehead atoms. The Morgan fingerprint density at radius 2 is 1.57 bits per heavy atom. The van der Waals surface area contributed by atoms with Crippen LogP contribution in [0, 0.1) is 5.92 Å². The highest BCUT2D eigenvalue weighted by Gasteiger charge is 2.43. The van der Waals surface area contributed by atoms with Gasteiger partial charge >= 0.3 is 12.2 Å². The first-order valence-corrected chi connectivity index (χ1v) is 9.51. The van der Waals surface area contributed by atoms with Gasteiger partial charge in [0.05, 0.1) is 12.2 Å². The summed E-state index contributed by atoms with van der Waals surface area (Å²) in [4.78, 5) is 7.00. The van der Waals surface area contributed by atoms with Gasteiger partial charge in [0.15, 0.2) is 0 Å². The first-order valence-electron chi connectivity index (χ1n) is 9.51. The maximum atomic E-state index is 14.5. The molecule has 3 rings (SSSR count). The molecule has 1 aromatic heterocycles. The van der Waals surface area contributed by atoms with Crippen LogP contribution in [0.2, 0.25) is 0 Å². The highest BCUT2D eigenvalue weighted by molar-refractivity contribution is 5.13. The molecule has 1 fully saturated rings. The summed E-state index contributed by atoms with van der Waals surface area (Å²) in [5.41, 5.74) is -0.169. The van der Waals surface area contributed by atoms with Crippen LogP contribution in [0.25, 0.3) is 0 Å². The summed E-state index contributed by atoms with van der Waals surface area (Å²) in [6.07, 6.45) is -0.294. The number of aromatic nitrogens is 2. The summed E-state index contributed by atoms with van der Waals surface area (Å²) in [6.45, 7) is 3.74. The van der Waals surface area contributed by atoms with Crippen LogP contribution in [-0.2, 0) is 15.6 Å². The van der Waals surface area contributed by atoms with E-state index in [4.69, 9.17) is 9.47 Å². The molecule has 0 N–H and O–H groups in total. The van der Waals surface area contributed by atoms with Crippen LogP contribution in [0.1, 0.15) is 50.8 Å². The van der Waals surface area contributed by atoms with Crippen LogP contribution in [0.4, 0.5) is 17.6 Å². The molecule has 1 atom stereocenters. The first-order chi connectivity index (χ1) is 13.3. The Balaban J connectivity index is 1.54. The summed E-state index contributed by atoms with van der Waals surface area (Å²) in [6, 6.07) is 1.42. The Hall–Kier alpha value is -1.80. The molecule has 28 heavy (non-hydrogen) atoms. The van der Waals surface area contributed by atoms with E-state index in [2.05, 4.69) is 16.5 Å². The van der Waals surface area contributed by atoms with E-state index in [1.54, 1.807) is 0 Å². The zero-order valence-electron chi connectivity index (χ0n) is 15.5. The standard InChI is InChI=1S/C20H24F4N2O2/c1-2-14-4-8-16(9-5-14)27-19(21,22)15-6-10-17(11-7-15)28-20(23,24)18-25-12-3-13-26-18/h2-3,6,12-14,16-17H,1,4-5,7-11H2. The van der Waals surface area contributed by atoms with Gasteiger partial charge < -0.3 is 9.47 Å². The number of halogens is 4. The van der Waals surface area contributed by atoms with Crippen molar-refractivity contribution >= 4 is 0 Å². The van der Waals surface area contributed by atoms with E-state index in [0.717, 1.165) is 12.8 Å². The molecular formula is C20H24F4N2O2. The number of allylic oxidation sites excluding steroid dienone is 1. The van der Waals surface area contributed by atoms with Crippen molar-refractivity contribution in [2.45, 2.75) is 69.4 Å². The van der Waals surface area contributed by atoms with Gasteiger partial charge in [0.1, 0.15) is 0 Å². The Bertz CT molecular complexity index is 689. The van der Waals surface area contributed by atoms with Gasteiger partial charge in [-0.15, -0.1) is 6.58 Å². The molecule has 0 saturated heterocycles. The van der Waals surface area contributed by atoms with Crippen molar-refractivity contribution in [1.29, 1.82) is 0 Å². The lowest BCUT2D eigenvalue weighted by atomic mass is 9.87. The van der Waals surface area contributed by atoms with E-state index in [0.29, 0.717) is 18.8 Å². The Morgan fingerprint density at radius 1 is 0.929 bits per heavy atom. The van der Waals surface area contributed by atoms with E-state index < -0.39 is 30.2 Å². The third kappa shape index (κ3) is 5.17. The van der Waals surface area contributed by atoms with Crippen molar-refractivity contribution in [3.63, 3.8) is 0 Å². The largest absolute Gasteiger partial charge is 0.417 e. The minimum Gasteiger partial charge on any atom is -0.313 e. The molecule has 0 aromatic carbocycles. The molecule has 0 amide bonds. The molecule has 1 heterocycles. The predicted octanol–water partition coefficient (Wildman–Crippen LogP) is 5.38. The van der Waals surface area contributed by atoms with Gasteiger partial charge in [-0.3, -0.25) is 0 Å². The third-order valence-corrected chi connectivity index (χ3v) is 5.24. The van der Waals surface area contributed by atoms with E-state index >= 15 is 0 Å². The molecule has 2 aliphatic carbocycles. The highest BCUT2D eigenvalue weighted by atomic mass is 19.3. The maximum Gasteiger partial charge on any atom is 0.417 e. The van der Waals surface area contributed by atoms with Gasteiger partial charge in [0.25, 0.3) is 0 Å². The zero-order chi connectivity index (χ0) is 20.2. The summed E-state index contributed by atoms with van der Waals surface area (Å²) < 4.78 is 67.0. The van der Waals surface area contributed by atoms with Gasteiger partial charge in [0, 0.05) is 18.0 Å². The predicted molar refractivity (Wildman–Crippen MR) is 94.7 cm³/mol. The van der Waals surface area contributed by atoms with E-state index in [-0.39, 0.29) is 24.8 Å². The number of hydrogen-bond donors (Lipinski definition) is 0. The fourth-order valence-corrected chi connectivity index (χ4v) is 3.62. The molecule has 8 heteroatoms. The van der Waals surface area contributed by atoms with Gasteiger partial charge in [-0.1, -0.05) is 12.2 Å². The van der Waals surface area contributed by atoms with Crippen LogP contribution in [0.3, 0.4) is 0 Å². The molecule has 4 nitrogen and oxygen atoms in total. The molecule has 0 spiro atoms. The molecule has 154 valence electrons. The summed E-state index contributed by atoms with van der Waals surface area (Å²) in [5.74, 6) is -0.385. The van der Waals surface area contributed by atoms with Crippen LogP contribution >= 0.6 is 0 Å². The minimum absolute atomic E-state index is 0.0418. The smallest absolute Gasteiger partial charge is 0.313 e. The fourth-order valence-electron chi connectivity index (χ4n) is 3.62. The first kappa shape index (κ1) is 20.9. The number of alkyl halides is 4. The number of ether oxygens (including phenoxy) is 2. The maximum absolute atomic E-state index is 14.5. The topological polar surface area (TPSA) is 44.2 Å². The molecule has 1 unspecified atom stereocenters. The molecule has 1 aromatic rings. The van der Waals surface area contributed by atoms with Gasteiger partial charge in [-0.2, -0.15) is 17.6 Å². The van der Waals surface area contributed by atoms with Gasteiger partial charge in [-0.05, 0) is 56.9 Å². The second-order valence-corrected chi connectivity index (χ2v) is 7.24. The van der Waals surface area contributed by atoms with Crippen molar-refractivity contribution in [2.75, 3.05) is 0 Å². The molecule has 2 aliphatic rings. The fraction of sp³-hybridized carbons (Fsp3) is 0.600. The number of hydrogen-bond acceptors (Lipinski definition) is 4. The van der Waals surface area contributed by atoms with Crippen LogP contribution < -0.4 is 0 Å². The second kappa shape index (κ2) is 8.69. The van der Waals surface area contributed by atoms with Crippen molar-refractivity contribution in [3.05, 3.63) is 48.6 Å². The van der Waals surface area contributed by atoms with Crippen molar-refractivity contribution in [1.82, 2.24) is 9.97 Å². The van der Waals surface area contributed by atoms with Crippen molar-refractivity contribution in [2.24, 2.45) is 5.92 Å². The lowest BCUT2D eigenvalue weighted by Gasteiger charge is -2.33. The second-order valence-electron chi connectivity index (χ2n) is 7.24. The molecule has 0 aliphatic heterocycles. The minimum atomic E-state index is -3.67. The van der Waals surface area contributed by atoms with Crippen LogP contribution in [0.5, 0.6) is 0 Å². The molecule has 1 saturated carbocycles. The SMILES string of the molecule is C=CC1CCC(OC(F)(F)C2=CCC(OC(F)(F)c3ncccn3)CC2)CC1. The Labute approximate surface area is 161 Å². The van der Waals surface area contributed by atoms with Gasteiger partial charge in [0.2, 0.25) is 5.82 Å². The average molecular weight is 400 g/mol. The van der Waals surface area contributed by atoms with Crippen molar-refractivity contribution in [3.8, 4) is 0 Å². The zero-order valence-corrected chi connectivity index (χ0v) is 15.5. The van der Waals surface area contributed by atoms with Crippen molar-refractivity contribution < 1.29 is 27.0 Å². The summed E-state index contributed by atoms with van der Waals surface area (Å²) in [7, 11) is 0. The lowest BCUT2D eigenvalue weighted by Crippen LogP contribution is -2.35. The number of nitrogens with zero attached hydrogens (tertiary/aromatic N) is 2. The normalized spacial score (nSPS) is 26.6. The molecular weight excluding hydrogens is 376 g/mol. The quantitative estimate of drug-likeness (QED) is 0.456. The number of rotatable bonds is 7. The molecule has 0 radical (unpaired) electrons. The third-order valence-electron chi connectivity index (χ3n) is 5.24. The van der Waals surface area contributed by atoms with E-state index in [9.17, 15) is 17.6 Å².